The van der Waals surface area contributed by atoms with Crippen molar-refractivity contribution in [3.05, 3.63) is 99.8 Å². The van der Waals surface area contributed by atoms with Crippen LogP contribution in [0.15, 0.2) is 51.4 Å². The van der Waals surface area contributed by atoms with Crippen LogP contribution in [-0.2, 0) is 27.1 Å². The smallest absolute Gasteiger partial charge is 0.341 e. The lowest BCUT2D eigenvalue weighted by atomic mass is 9.95. The first-order valence-electron chi connectivity index (χ1n) is 16.5. The van der Waals surface area contributed by atoms with Gasteiger partial charge >= 0.3 is 11.9 Å². The Bertz CT molecular complexity index is 2130. The van der Waals surface area contributed by atoms with E-state index in [2.05, 4.69) is 4.57 Å². The minimum atomic E-state index is -0.783. The molecule has 0 N–H and O–H groups in total. The Morgan fingerprint density at radius 3 is 2.46 bits per heavy atom. The van der Waals surface area contributed by atoms with Gasteiger partial charge in [0.25, 0.3) is 5.56 Å². The van der Waals surface area contributed by atoms with Crippen LogP contribution in [-0.4, -0.2) is 40.4 Å². The number of ether oxygens (including phenoxy) is 3. The van der Waals surface area contributed by atoms with Crippen LogP contribution in [0.5, 0.6) is 5.75 Å². The zero-order valence-corrected chi connectivity index (χ0v) is 30.1. The molecule has 0 unspecified atom stereocenters. The van der Waals surface area contributed by atoms with Gasteiger partial charge in [-0.15, -0.1) is 11.3 Å². The lowest BCUT2D eigenvalue weighted by molar-refractivity contribution is -0.139. The number of esters is 2. The van der Waals surface area contributed by atoms with Crippen molar-refractivity contribution < 1.29 is 23.8 Å². The molecule has 252 valence electrons. The molecule has 0 saturated heterocycles. The summed E-state index contributed by atoms with van der Waals surface area (Å²) in [5.74, 6) is -0.219. The average Bonchev–Trinajstić information content (AvgIpc) is 3.66. The molecule has 1 atom stereocenters. The van der Waals surface area contributed by atoms with E-state index in [0.717, 1.165) is 53.2 Å². The van der Waals surface area contributed by atoms with Crippen LogP contribution in [0.2, 0.25) is 0 Å². The number of carbonyl (C=O) groups is 2. The van der Waals surface area contributed by atoms with Gasteiger partial charge in [0.1, 0.15) is 16.8 Å². The van der Waals surface area contributed by atoms with Gasteiger partial charge in [0.15, 0.2) is 4.80 Å². The second kappa shape index (κ2) is 13.7. The topological polar surface area (TPSA) is 101 Å². The summed E-state index contributed by atoms with van der Waals surface area (Å²) in [6, 6.07) is 8.74. The maximum Gasteiger partial charge on any atom is 0.341 e. The van der Waals surface area contributed by atoms with Gasteiger partial charge in [-0.25, -0.2) is 14.6 Å². The van der Waals surface area contributed by atoms with Gasteiger partial charge in [0, 0.05) is 21.8 Å². The highest BCUT2D eigenvalue weighted by Gasteiger charge is 2.35. The van der Waals surface area contributed by atoms with Gasteiger partial charge in [0.05, 0.1) is 40.7 Å². The molecule has 1 aliphatic carbocycles. The van der Waals surface area contributed by atoms with Gasteiger partial charge in [-0.05, 0) is 103 Å². The van der Waals surface area contributed by atoms with E-state index in [1.807, 2.05) is 71.0 Å². The molecule has 1 aliphatic heterocycles. The molecule has 0 saturated carbocycles. The Morgan fingerprint density at radius 1 is 1.02 bits per heavy atom. The normalized spacial score (nSPS) is 16.1. The Kier molecular flexibility index (Phi) is 9.62. The van der Waals surface area contributed by atoms with Crippen molar-refractivity contribution in [2.24, 2.45) is 4.99 Å². The molecule has 2 aliphatic rings. The highest BCUT2D eigenvalue weighted by Crippen LogP contribution is 2.40. The molecule has 0 fully saturated rings. The van der Waals surface area contributed by atoms with Gasteiger partial charge in [0.2, 0.25) is 0 Å². The molecule has 3 aromatic heterocycles. The van der Waals surface area contributed by atoms with Crippen molar-refractivity contribution in [3.8, 4) is 10.8 Å². The molecule has 9 nitrogen and oxygen atoms in total. The van der Waals surface area contributed by atoms with Crippen molar-refractivity contribution >= 4 is 40.7 Å². The quantitative estimate of drug-likeness (QED) is 0.197. The van der Waals surface area contributed by atoms with Gasteiger partial charge in [-0.2, -0.15) is 0 Å². The number of aromatic nitrogens is 2. The molecule has 4 heterocycles. The van der Waals surface area contributed by atoms with Gasteiger partial charge in [-0.3, -0.25) is 9.36 Å². The van der Waals surface area contributed by atoms with E-state index in [1.54, 1.807) is 29.8 Å². The number of rotatable bonds is 9. The minimum absolute atomic E-state index is 0.119. The number of hydrogen-bond acceptors (Lipinski definition) is 9. The highest BCUT2D eigenvalue weighted by atomic mass is 32.1. The number of fused-ring (bicyclic) bond motifs is 2. The fourth-order valence-corrected chi connectivity index (χ4v) is 9.19. The predicted octanol–water partition coefficient (Wildman–Crippen LogP) is 6.11. The number of hydrogen-bond donors (Lipinski definition) is 0. The zero-order valence-electron chi connectivity index (χ0n) is 28.5. The van der Waals surface area contributed by atoms with Crippen LogP contribution in [0.25, 0.3) is 11.1 Å². The summed E-state index contributed by atoms with van der Waals surface area (Å²) in [5, 5.41) is 0.868. The Labute approximate surface area is 287 Å². The third-order valence-electron chi connectivity index (χ3n) is 8.69. The number of aryl methyl sites for hydroxylation is 2. The maximum atomic E-state index is 14.4. The summed E-state index contributed by atoms with van der Waals surface area (Å²) < 4.78 is 21.4. The van der Waals surface area contributed by atoms with Crippen LogP contribution < -0.4 is 19.6 Å². The summed E-state index contributed by atoms with van der Waals surface area (Å²) in [6.45, 7) is 13.8. The molecule has 48 heavy (non-hydrogen) atoms. The molecule has 0 radical (unpaired) electrons. The highest BCUT2D eigenvalue weighted by molar-refractivity contribution is 7.15. The van der Waals surface area contributed by atoms with E-state index in [0.29, 0.717) is 44.1 Å². The number of carbonyl (C=O) groups excluding carboxylic acids is 2. The summed E-state index contributed by atoms with van der Waals surface area (Å²) in [4.78, 5) is 47.6. The van der Waals surface area contributed by atoms with Crippen LogP contribution in [0, 0.1) is 13.8 Å². The lowest BCUT2D eigenvalue weighted by Crippen LogP contribution is -2.40. The van der Waals surface area contributed by atoms with Crippen molar-refractivity contribution in [1.82, 2.24) is 9.13 Å². The summed E-state index contributed by atoms with van der Waals surface area (Å²) in [6.07, 6.45) is 5.75. The standard InChI is InChI=1S/C37H41N3O6S2/c1-8-44-35(42)30-22(6)38-37-40(32(30)25-14-10-12-16-27(25)46-20(3)4)33(41)29(48-37)19-24-18-21(5)39(23(24)7)34-31(36(43)45-9-2)26-15-11-13-17-28(26)47-34/h10,12,14,16,18-20,32H,8-9,11,13,15,17H2,1-7H3/b29-19+/t32-/m0/s1. The lowest BCUT2D eigenvalue weighted by Gasteiger charge is -2.26. The Morgan fingerprint density at radius 2 is 1.73 bits per heavy atom. The molecule has 11 heteroatoms. The molecular weight excluding hydrogens is 647 g/mol. The maximum absolute atomic E-state index is 14.4. The van der Waals surface area contributed by atoms with Crippen LogP contribution >= 0.6 is 22.7 Å². The van der Waals surface area contributed by atoms with Crippen LogP contribution in [0.1, 0.15) is 96.8 Å². The minimum Gasteiger partial charge on any atom is -0.491 e. The molecular formula is C37H41N3O6S2. The zero-order chi connectivity index (χ0) is 34.3. The monoisotopic (exact) mass is 687 g/mol. The molecule has 0 bridgehead atoms. The van der Waals surface area contributed by atoms with E-state index in [-0.39, 0.29) is 24.2 Å². The molecule has 0 spiro atoms. The van der Waals surface area contributed by atoms with Crippen molar-refractivity contribution in [2.45, 2.75) is 86.3 Å². The van der Waals surface area contributed by atoms with Crippen LogP contribution in [0.3, 0.4) is 0 Å². The molecule has 1 aromatic carbocycles. The summed E-state index contributed by atoms with van der Waals surface area (Å²) in [5.41, 5.74) is 5.72. The largest absolute Gasteiger partial charge is 0.491 e. The van der Waals surface area contributed by atoms with Crippen molar-refractivity contribution in [1.29, 1.82) is 0 Å². The third kappa shape index (κ3) is 5.98. The first-order valence-corrected chi connectivity index (χ1v) is 18.1. The number of thiophene rings is 1. The second-order valence-electron chi connectivity index (χ2n) is 12.3. The number of para-hydroxylation sites is 1. The van der Waals surface area contributed by atoms with E-state index in [1.165, 1.54) is 16.2 Å². The van der Waals surface area contributed by atoms with E-state index < -0.39 is 12.0 Å². The van der Waals surface area contributed by atoms with Crippen LogP contribution in [0.4, 0.5) is 0 Å². The summed E-state index contributed by atoms with van der Waals surface area (Å²) >= 11 is 2.94. The first-order chi connectivity index (χ1) is 23.0. The molecule has 0 amide bonds. The predicted molar refractivity (Wildman–Crippen MR) is 188 cm³/mol. The SMILES string of the molecule is CCOC(=O)C1=C(C)N=c2s/c(=C/c3cc(C)n(-c4sc5c(c4C(=O)OCC)CCCC5)c3C)c(=O)n2[C@H]1c1ccccc1OC(C)C. The molecule has 4 aromatic rings. The Hall–Kier alpha value is -4.22. The Balaban J connectivity index is 1.52. The third-order valence-corrected chi connectivity index (χ3v) is 10.9. The summed E-state index contributed by atoms with van der Waals surface area (Å²) in [7, 11) is 0. The van der Waals surface area contributed by atoms with E-state index in [4.69, 9.17) is 19.2 Å². The van der Waals surface area contributed by atoms with E-state index in [9.17, 15) is 14.4 Å². The fraction of sp³-hybridized carbons (Fsp3) is 0.405. The number of benzene rings is 1. The molecule has 6 rings (SSSR count). The van der Waals surface area contributed by atoms with E-state index >= 15 is 0 Å². The number of thiazole rings is 1. The number of nitrogens with zero attached hydrogens (tertiary/aromatic N) is 3. The first kappa shape index (κ1) is 33.7. The average molecular weight is 688 g/mol. The second-order valence-corrected chi connectivity index (χ2v) is 14.4. The van der Waals surface area contributed by atoms with Crippen molar-refractivity contribution in [2.75, 3.05) is 13.2 Å². The fourth-order valence-electron chi connectivity index (χ4n) is 6.66. The van der Waals surface area contributed by atoms with Crippen molar-refractivity contribution in [3.63, 3.8) is 0 Å². The van der Waals surface area contributed by atoms with Gasteiger partial charge in [-0.1, -0.05) is 29.5 Å². The van der Waals surface area contributed by atoms with Gasteiger partial charge < -0.3 is 18.8 Å². The number of allylic oxidation sites excluding steroid dienone is 1.